The Bertz CT molecular complexity index is 284. The first-order valence-corrected chi connectivity index (χ1v) is 7.21. The quantitative estimate of drug-likeness (QED) is 0.727. The number of amides is 1. The van der Waals surface area contributed by atoms with Crippen molar-refractivity contribution in [1.29, 1.82) is 0 Å². The fraction of sp³-hybridized carbons (Fsp3) is 0.929. The molecule has 2 aliphatic heterocycles. The number of nitrogens with one attached hydrogen (secondary N) is 2. The van der Waals surface area contributed by atoms with Gasteiger partial charge in [-0.2, -0.15) is 0 Å². The SMILES string of the molecule is CC(C)(C)C1CCN(C(=O)C2CNCCN2)CC1. The van der Waals surface area contributed by atoms with Gasteiger partial charge in [-0.25, -0.2) is 0 Å². The molecule has 0 spiro atoms. The van der Waals surface area contributed by atoms with E-state index in [2.05, 4.69) is 31.4 Å². The fourth-order valence-corrected chi connectivity index (χ4v) is 3.01. The van der Waals surface area contributed by atoms with E-state index >= 15 is 0 Å². The van der Waals surface area contributed by atoms with Crippen LogP contribution in [0.2, 0.25) is 0 Å². The molecule has 0 bridgehead atoms. The van der Waals surface area contributed by atoms with Gasteiger partial charge in [0.15, 0.2) is 0 Å². The normalized spacial score (nSPS) is 27.3. The Morgan fingerprint density at radius 1 is 1.17 bits per heavy atom. The van der Waals surface area contributed by atoms with Crippen LogP contribution >= 0.6 is 0 Å². The molecule has 2 N–H and O–H groups in total. The molecule has 2 rings (SSSR count). The minimum absolute atomic E-state index is 0.00932. The molecule has 104 valence electrons. The minimum Gasteiger partial charge on any atom is -0.341 e. The molecule has 0 aromatic rings. The van der Waals surface area contributed by atoms with Crippen molar-refractivity contribution in [1.82, 2.24) is 15.5 Å². The predicted octanol–water partition coefficient (Wildman–Crippen LogP) is 0.833. The molecule has 1 amide bonds. The summed E-state index contributed by atoms with van der Waals surface area (Å²) < 4.78 is 0. The minimum atomic E-state index is -0.00932. The van der Waals surface area contributed by atoms with Crippen molar-refractivity contribution in [2.45, 2.75) is 39.7 Å². The Labute approximate surface area is 110 Å². The van der Waals surface area contributed by atoms with E-state index in [1.807, 2.05) is 4.90 Å². The van der Waals surface area contributed by atoms with Crippen molar-refractivity contribution in [2.24, 2.45) is 11.3 Å². The van der Waals surface area contributed by atoms with Crippen LogP contribution in [0.3, 0.4) is 0 Å². The second kappa shape index (κ2) is 5.57. The standard InChI is InChI=1S/C14H27N3O/c1-14(2,3)11-4-8-17(9-5-11)13(18)12-10-15-6-7-16-12/h11-12,15-16H,4-10H2,1-3H3. The Balaban J connectivity index is 1.83. The highest BCUT2D eigenvalue weighted by Gasteiger charge is 2.32. The van der Waals surface area contributed by atoms with Gasteiger partial charge in [-0.05, 0) is 24.2 Å². The Morgan fingerprint density at radius 3 is 2.33 bits per heavy atom. The zero-order chi connectivity index (χ0) is 13.2. The summed E-state index contributed by atoms with van der Waals surface area (Å²) in [6.45, 7) is 11.4. The van der Waals surface area contributed by atoms with Crippen molar-refractivity contribution in [3.63, 3.8) is 0 Å². The number of piperazine rings is 1. The van der Waals surface area contributed by atoms with Crippen LogP contribution in [0.25, 0.3) is 0 Å². The monoisotopic (exact) mass is 253 g/mol. The van der Waals surface area contributed by atoms with Gasteiger partial charge in [0.25, 0.3) is 0 Å². The number of hydrogen-bond acceptors (Lipinski definition) is 3. The van der Waals surface area contributed by atoms with Crippen LogP contribution in [-0.2, 0) is 4.79 Å². The molecule has 2 aliphatic rings. The lowest BCUT2D eigenvalue weighted by atomic mass is 9.75. The first-order chi connectivity index (χ1) is 8.48. The van der Waals surface area contributed by atoms with E-state index in [1.54, 1.807) is 0 Å². The molecule has 1 atom stereocenters. The maximum Gasteiger partial charge on any atom is 0.241 e. The fourth-order valence-electron chi connectivity index (χ4n) is 3.01. The molecule has 1 unspecified atom stereocenters. The number of hydrogen-bond donors (Lipinski definition) is 2. The molecule has 0 saturated carbocycles. The molecule has 2 saturated heterocycles. The van der Waals surface area contributed by atoms with Gasteiger partial charge in [0.2, 0.25) is 5.91 Å². The van der Waals surface area contributed by atoms with E-state index in [0.717, 1.165) is 51.5 Å². The van der Waals surface area contributed by atoms with E-state index in [-0.39, 0.29) is 11.9 Å². The van der Waals surface area contributed by atoms with Gasteiger partial charge in [-0.15, -0.1) is 0 Å². The van der Waals surface area contributed by atoms with Crippen LogP contribution in [-0.4, -0.2) is 49.6 Å². The summed E-state index contributed by atoms with van der Waals surface area (Å²) in [4.78, 5) is 14.4. The van der Waals surface area contributed by atoms with Gasteiger partial charge >= 0.3 is 0 Å². The number of carbonyl (C=O) groups is 1. The Kier molecular flexibility index (Phi) is 4.28. The summed E-state index contributed by atoms with van der Waals surface area (Å²) >= 11 is 0. The molecule has 2 heterocycles. The van der Waals surface area contributed by atoms with Crippen LogP contribution in [0.15, 0.2) is 0 Å². The second-order valence-corrected chi connectivity index (χ2v) is 6.68. The van der Waals surface area contributed by atoms with E-state index in [1.165, 1.54) is 0 Å². The molecule has 4 heteroatoms. The largest absolute Gasteiger partial charge is 0.341 e. The summed E-state index contributed by atoms with van der Waals surface area (Å²) in [5, 5.41) is 6.58. The highest BCUT2D eigenvalue weighted by Crippen LogP contribution is 2.34. The number of carbonyl (C=O) groups excluding carboxylic acids is 1. The number of nitrogens with zero attached hydrogens (tertiary/aromatic N) is 1. The maximum atomic E-state index is 12.3. The molecule has 18 heavy (non-hydrogen) atoms. The molecule has 4 nitrogen and oxygen atoms in total. The molecule has 2 fully saturated rings. The van der Waals surface area contributed by atoms with E-state index in [9.17, 15) is 4.79 Å². The number of likely N-dealkylation sites (tertiary alicyclic amines) is 1. The van der Waals surface area contributed by atoms with Gasteiger partial charge in [0.1, 0.15) is 0 Å². The van der Waals surface area contributed by atoms with Crippen LogP contribution in [0.1, 0.15) is 33.6 Å². The summed E-state index contributed by atoms with van der Waals surface area (Å²) in [6, 6.07) is -0.00932. The van der Waals surface area contributed by atoms with Crippen molar-refractivity contribution >= 4 is 5.91 Å². The lowest BCUT2D eigenvalue weighted by Gasteiger charge is -2.40. The smallest absolute Gasteiger partial charge is 0.241 e. The van der Waals surface area contributed by atoms with E-state index < -0.39 is 0 Å². The Hall–Kier alpha value is -0.610. The first-order valence-electron chi connectivity index (χ1n) is 7.21. The molecule has 0 radical (unpaired) electrons. The first kappa shape index (κ1) is 13.8. The average molecular weight is 253 g/mol. The van der Waals surface area contributed by atoms with Crippen LogP contribution in [0.4, 0.5) is 0 Å². The molecule has 0 aromatic heterocycles. The van der Waals surface area contributed by atoms with Crippen LogP contribution in [0, 0.1) is 11.3 Å². The number of rotatable bonds is 1. The second-order valence-electron chi connectivity index (χ2n) is 6.68. The highest BCUT2D eigenvalue weighted by atomic mass is 16.2. The van der Waals surface area contributed by atoms with Gasteiger partial charge < -0.3 is 15.5 Å². The lowest BCUT2D eigenvalue weighted by molar-refractivity contribution is -0.135. The van der Waals surface area contributed by atoms with Crippen LogP contribution in [0.5, 0.6) is 0 Å². The summed E-state index contributed by atoms with van der Waals surface area (Å²) in [7, 11) is 0. The average Bonchev–Trinajstić information content (AvgIpc) is 2.38. The summed E-state index contributed by atoms with van der Waals surface area (Å²) in [5.41, 5.74) is 0.375. The molecular weight excluding hydrogens is 226 g/mol. The van der Waals surface area contributed by atoms with Gasteiger partial charge in [0.05, 0.1) is 6.04 Å². The zero-order valence-corrected chi connectivity index (χ0v) is 12.0. The van der Waals surface area contributed by atoms with Crippen molar-refractivity contribution in [3.05, 3.63) is 0 Å². The van der Waals surface area contributed by atoms with Crippen molar-refractivity contribution in [2.75, 3.05) is 32.7 Å². The molecule has 0 aliphatic carbocycles. The third kappa shape index (κ3) is 3.23. The van der Waals surface area contributed by atoms with E-state index in [0.29, 0.717) is 5.41 Å². The number of piperidine rings is 1. The van der Waals surface area contributed by atoms with Gasteiger partial charge in [0, 0.05) is 32.7 Å². The van der Waals surface area contributed by atoms with Gasteiger partial charge in [-0.3, -0.25) is 4.79 Å². The van der Waals surface area contributed by atoms with Crippen molar-refractivity contribution in [3.8, 4) is 0 Å². The lowest BCUT2D eigenvalue weighted by Crippen LogP contribution is -2.57. The third-order valence-corrected chi connectivity index (χ3v) is 4.37. The van der Waals surface area contributed by atoms with E-state index in [4.69, 9.17) is 0 Å². The topological polar surface area (TPSA) is 44.4 Å². The van der Waals surface area contributed by atoms with Crippen LogP contribution < -0.4 is 10.6 Å². The summed E-state index contributed by atoms with van der Waals surface area (Å²) in [6.07, 6.45) is 2.30. The van der Waals surface area contributed by atoms with Crippen molar-refractivity contribution < 1.29 is 4.79 Å². The summed E-state index contributed by atoms with van der Waals surface area (Å²) in [5.74, 6) is 1.04. The predicted molar refractivity (Wildman–Crippen MR) is 73.4 cm³/mol. The maximum absolute atomic E-state index is 12.3. The zero-order valence-electron chi connectivity index (χ0n) is 12.0. The third-order valence-electron chi connectivity index (χ3n) is 4.37. The van der Waals surface area contributed by atoms with Gasteiger partial charge in [-0.1, -0.05) is 20.8 Å². The Morgan fingerprint density at radius 2 is 1.83 bits per heavy atom. The highest BCUT2D eigenvalue weighted by molar-refractivity contribution is 5.82. The molecule has 0 aromatic carbocycles. The molecular formula is C14H27N3O.